The van der Waals surface area contributed by atoms with E-state index in [9.17, 15) is 9.59 Å². The predicted molar refractivity (Wildman–Crippen MR) is 88.6 cm³/mol. The van der Waals surface area contributed by atoms with E-state index >= 15 is 0 Å². The van der Waals surface area contributed by atoms with Crippen LogP contribution in [0.15, 0.2) is 35.4 Å². The monoisotopic (exact) mass is 347 g/mol. The Bertz CT molecular complexity index is 969. The number of amides is 1. The molecule has 0 spiro atoms. The molecule has 1 unspecified atom stereocenters. The fraction of sp³-hybridized carbons (Fsp3) is 0.143. The normalized spacial score (nSPS) is 18.0. The van der Waals surface area contributed by atoms with Crippen LogP contribution >= 0.6 is 23.4 Å². The summed E-state index contributed by atoms with van der Waals surface area (Å²) in [5.74, 6) is 0.325. The third kappa shape index (κ3) is 2.30. The number of imidazole rings is 1. The van der Waals surface area contributed by atoms with Gasteiger partial charge in [0.05, 0.1) is 12.1 Å². The van der Waals surface area contributed by atoms with Gasteiger partial charge in [-0.2, -0.15) is 4.98 Å². The number of nitrogens with one attached hydrogen (secondary N) is 2. The Labute approximate surface area is 139 Å². The molecule has 1 fully saturated rings. The molecule has 1 amide bonds. The van der Waals surface area contributed by atoms with E-state index in [1.54, 1.807) is 6.07 Å². The number of benzene rings is 1. The average Bonchev–Trinajstić information content (AvgIpc) is 3.14. The first kappa shape index (κ1) is 14.3. The maximum atomic E-state index is 12.3. The van der Waals surface area contributed by atoms with Gasteiger partial charge >= 0.3 is 0 Å². The van der Waals surface area contributed by atoms with Crippen LogP contribution in [0.2, 0.25) is 5.02 Å². The highest BCUT2D eigenvalue weighted by molar-refractivity contribution is 8.00. The number of hydrogen-bond donors (Lipinski definition) is 2. The summed E-state index contributed by atoms with van der Waals surface area (Å²) < 4.78 is 0. The summed E-state index contributed by atoms with van der Waals surface area (Å²) in [6.07, 6.45) is 1.39. The number of aromatic amines is 2. The molecule has 1 saturated heterocycles. The smallest absolute Gasteiger partial charge is 0.278 e. The van der Waals surface area contributed by atoms with Gasteiger partial charge in [-0.15, -0.1) is 11.8 Å². The van der Waals surface area contributed by atoms with E-state index in [2.05, 4.69) is 19.9 Å². The highest BCUT2D eigenvalue weighted by Gasteiger charge is 2.36. The van der Waals surface area contributed by atoms with Crippen molar-refractivity contribution in [2.24, 2.45) is 0 Å². The van der Waals surface area contributed by atoms with E-state index in [0.29, 0.717) is 5.02 Å². The minimum absolute atomic E-state index is 0.141. The van der Waals surface area contributed by atoms with Gasteiger partial charge in [0.1, 0.15) is 5.37 Å². The SMILES string of the molecule is O=C1CSC(c2ccccc2Cl)N1c1nc2nc[nH]c2c(=O)[nH]1. The zero-order valence-corrected chi connectivity index (χ0v) is 13.2. The Balaban J connectivity index is 1.85. The average molecular weight is 348 g/mol. The van der Waals surface area contributed by atoms with E-state index < -0.39 is 0 Å². The van der Waals surface area contributed by atoms with Crippen molar-refractivity contribution in [3.8, 4) is 0 Å². The second-order valence-electron chi connectivity index (χ2n) is 4.94. The number of carbonyl (C=O) groups excluding carboxylic acids is 1. The molecule has 23 heavy (non-hydrogen) atoms. The molecule has 1 atom stereocenters. The third-order valence-electron chi connectivity index (χ3n) is 3.55. The maximum Gasteiger partial charge on any atom is 0.278 e. The number of thioether (sulfide) groups is 1. The van der Waals surface area contributed by atoms with Crippen LogP contribution in [0.25, 0.3) is 11.2 Å². The number of nitrogens with zero attached hydrogens (tertiary/aromatic N) is 3. The summed E-state index contributed by atoms with van der Waals surface area (Å²) >= 11 is 7.69. The number of H-pyrrole nitrogens is 2. The van der Waals surface area contributed by atoms with Gasteiger partial charge < -0.3 is 4.98 Å². The van der Waals surface area contributed by atoms with Crippen molar-refractivity contribution >= 4 is 46.4 Å². The van der Waals surface area contributed by atoms with Crippen LogP contribution < -0.4 is 10.5 Å². The number of fused-ring (bicyclic) bond motifs is 1. The number of aromatic nitrogens is 4. The number of rotatable bonds is 2. The van der Waals surface area contributed by atoms with Gasteiger partial charge in [0.25, 0.3) is 5.56 Å². The van der Waals surface area contributed by atoms with E-state index in [4.69, 9.17) is 11.6 Å². The molecule has 0 radical (unpaired) electrons. The van der Waals surface area contributed by atoms with E-state index in [1.165, 1.54) is 23.0 Å². The fourth-order valence-electron chi connectivity index (χ4n) is 2.50. The molecule has 0 bridgehead atoms. The Hall–Kier alpha value is -2.32. The molecule has 3 heterocycles. The lowest BCUT2D eigenvalue weighted by Crippen LogP contribution is -2.31. The summed E-state index contributed by atoms with van der Waals surface area (Å²) in [4.78, 5) is 39.5. The summed E-state index contributed by atoms with van der Waals surface area (Å²) in [5.41, 5.74) is 0.980. The molecule has 2 aromatic heterocycles. The molecule has 2 N–H and O–H groups in total. The number of hydrogen-bond acceptors (Lipinski definition) is 5. The number of carbonyl (C=O) groups is 1. The summed E-state index contributed by atoms with van der Waals surface area (Å²) in [6, 6.07) is 7.31. The predicted octanol–water partition coefficient (Wildman–Crippen LogP) is 2.08. The third-order valence-corrected chi connectivity index (χ3v) is 5.09. The van der Waals surface area contributed by atoms with Gasteiger partial charge in [-0.3, -0.25) is 19.5 Å². The van der Waals surface area contributed by atoms with Gasteiger partial charge in [0, 0.05) is 10.6 Å². The lowest BCUT2D eigenvalue weighted by molar-refractivity contribution is -0.115. The van der Waals surface area contributed by atoms with Crippen LogP contribution in [0.3, 0.4) is 0 Å². The number of halogens is 1. The van der Waals surface area contributed by atoms with E-state index in [1.807, 2.05) is 18.2 Å². The van der Waals surface area contributed by atoms with Crippen molar-refractivity contribution in [1.29, 1.82) is 0 Å². The maximum absolute atomic E-state index is 12.3. The lowest BCUT2D eigenvalue weighted by Gasteiger charge is -2.23. The van der Waals surface area contributed by atoms with E-state index in [-0.39, 0.29) is 39.7 Å². The van der Waals surface area contributed by atoms with Crippen LogP contribution in [-0.2, 0) is 4.79 Å². The van der Waals surface area contributed by atoms with Gasteiger partial charge in [0.2, 0.25) is 11.9 Å². The molecule has 3 aromatic rings. The Morgan fingerprint density at radius 1 is 1.30 bits per heavy atom. The standard InChI is InChI=1S/C14H10ClN5O2S/c15-8-4-2-1-3-7(8)13-20(9(21)5-23-13)14-18-11-10(12(22)19-14)16-6-17-11/h1-4,6,13H,5H2,(H2,16,17,18,19,22). The second kappa shape index (κ2) is 5.39. The summed E-state index contributed by atoms with van der Waals surface area (Å²) in [5, 5.41) is 0.226. The molecule has 7 nitrogen and oxygen atoms in total. The van der Waals surface area contributed by atoms with Gasteiger partial charge in [0.15, 0.2) is 11.2 Å². The molecule has 1 aliphatic heterocycles. The van der Waals surface area contributed by atoms with E-state index in [0.717, 1.165) is 5.56 Å². The Morgan fingerprint density at radius 2 is 2.13 bits per heavy atom. The summed E-state index contributed by atoms with van der Waals surface area (Å²) in [6.45, 7) is 0. The highest BCUT2D eigenvalue weighted by atomic mass is 35.5. The molecule has 1 aromatic carbocycles. The topological polar surface area (TPSA) is 94.7 Å². The van der Waals surface area contributed by atoms with Crippen molar-refractivity contribution < 1.29 is 4.79 Å². The van der Waals surface area contributed by atoms with Crippen molar-refractivity contribution in [3.05, 3.63) is 51.5 Å². The minimum Gasteiger partial charge on any atom is -0.339 e. The molecular formula is C14H10ClN5O2S. The Kier molecular flexibility index (Phi) is 3.35. The van der Waals surface area contributed by atoms with Crippen molar-refractivity contribution in [2.75, 3.05) is 10.7 Å². The minimum atomic E-state index is -0.370. The zero-order valence-electron chi connectivity index (χ0n) is 11.6. The molecule has 1 aliphatic rings. The first-order valence-corrected chi connectivity index (χ1v) is 8.19. The van der Waals surface area contributed by atoms with Gasteiger partial charge in [-0.1, -0.05) is 29.8 Å². The first-order valence-electron chi connectivity index (χ1n) is 6.76. The second-order valence-corrected chi connectivity index (χ2v) is 6.42. The molecule has 0 aliphatic carbocycles. The lowest BCUT2D eigenvalue weighted by atomic mass is 10.2. The van der Waals surface area contributed by atoms with Crippen molar-refractivity contribution in [2.45, 2.75) is 5.37 Å². The van der Waals surface area contributed by atoms with Gasteiger partial charge in [-0.25, -0.2) is 4.98 Å². The Morgan fingerprint density at radius 3 is 2.96 bits per heavy atom. The summed E-state index contributed by atoms with van der Waals surface area (Å²) in [7, 11) is 0. The molecule has 116 valence electrons. The van der Waals surface area contributed by atoms with Crippen LogP contribution in [0, 0.1) is 0 Å². The van der Waals surface area contributed by atoms with Crippen molar-refractivity contribution in [1.82, 2.24) is 19.9 Å². The fourth-order valence-corrected chi connectivity index (χ4v) is 4.00. The van der Waals surface area contributed by atoms with Crippen LogP contribution in [0.4, 0.5) is 5.95 Å². The van der Waals surface area contributed by atoms with Crippen LogP contribution in [0.5, 0.6) is 0 Å². The largest absolute Gasteiger partial charge is 0.339 e. The molecular weight excluding hydrogens is 338 g/mol. The molecule has 9 heteroatoms. The van der Waals surface area contributed by atoms with Crippen LogP contribution in [0.1, 0.15) is 10.9 Å². The molecule has 4 rings (SSSR count). The highest BCUT2D eigenvalue weighted by Crippen LogP contribution is 2.42. The van der Waals surface area contributed by atoms with Gasteiger partial charge in [-0.05, 0) is 6.07 Å². The molecule has 0 saturated carbocycles. The quantitative estimate of drug-likeness (QED) is 0.740. The number of anilines is 1. The van der Waals surface area contributed by atoms with Crippen molar-refractivity contribution in [3.63, 3.8) is 0 Å². The zero-order chi connectivity index (χ0) is 16.0. The first-order chi connectivity index (χ1) is 11.1. The van der Waals surface area contributed by atoms with Crippen LogP contribution in [-0.4, -0.2) is 31.6 Å².